The maximum absolute atomic E-state index is 12.9. The number of hydrogen-bond donors (Lipinski definition) is 1. The standard InChI is InChI=1S/C14H18ClN3O5S2/c1-24(20,21)17-4-6-18(7-5-17)25(22,23)11-8-10-2-3-13(19)16-14(10)12(15)9-11/h8-9H,2-7H2,1H3,(H,16,19). The number of piperazine rings is 1. The fourth-order valence-electron chi connectivity index (χ4n) is 2.96. The molecule has 3 rings (SSSR count). The van der Waals surface area contributed by atoms with Crippen LogP contribution in [0.25, 0.3) is 0 Å². The molecule has 0 aliphatic carbocycles. The van der Waals surface area contributed by atoms with Crippen molar-refractivity contribution in [2.24, 2.45) is 0 Å². The highest BCUT2D eigenvalue weighted by atomic mass is 35.5. The predicted molar refractivity (Wildman–Crippen MR) is 93.6 cm³/mol. The molecular formula is C14H18ClN3O5S2. The zero-order valence-electron chi connectivity index (χ0n) is 13.5. The van der Waals surface area contributed by atoms with Gasteiger partial charge in [-0.2, -0.15) is 8.61 Å². The number of aryl methyl sites for hydroxylation is 1. The highest BCUT2D eigenvalue weighted by molar-refractivity contribution is 7.89. The van der Waals surface area contributed by atoms with E-state index in [1.807, 2.05) is 0 Å². The van der Waals surface area contributed by atoms with E-state index in [1.165, 1.54) is 20.7 Å². The fraction of sp³-hybridized carbons (Fsp3) is 0.500. The highest BCUT2D eigenvalue weighted by Gasteiger charge is 2.32. The van der Waals surface area contributed by atoms with Gasteiger partial charge in [-0.1, -0.05) is 11.6 Å². The Bertz CT molecular complexity index is 922. The molecule has 0 radical (unpaired) electrons. The largest absolute Gasteiger partial charge is 0.325 e. The quantitative estimate of drug-likeness (QED) is 0.785. The number of sulfonamides is 2. The minimum absolute atomic E-state index is 0.0557. The number of amides is 1. The Morgan fingerprint density at radius 3 is 2.20 bits per heavy atom. The van der Waals surface area contributed by atoms with Crippen molar-refractivity contribution >= 4 is 43.2 Å². The van der Waals surface area contributed by atoms with Crippen LogP contribution < -0.4 is 5.32 Å². The van der Waals surface area contributed by atoms with Crippen LogP contribution >= 0.6 is 11.6 Å². The smallest absolute Gasteiger partial charge is 0.243 e. The summed E-state index contributed by atoms with van der Waals surface area (Å²) in [4.78, 5) is 11.5. The molecule has 0 aromatic heterocycles. The summed E-state index contributed by atoms with van der Waals surface area (Å²) in [7, 11) is -7.12. The van der Waals surface area contributed by atoms with Crippen molar-refractivity contribution in [1.29, 1.82) is 0 Å². The zero-order chi connectivity index (χ0) is 18.4. The van der Waals surface area contributed by atoms with Gasteiger partial charge in [0.25, 0.3) is 0 Å². The summed E-state index contributed by atoms with van der Waals surface area (Å²) in [5.74, 6) is -0.151. The average Bonchev–Trinajstić information content (AvgIpc) is 2.54. The summed E-state index contributed by atoms with van der Waals surface area (Å²) in [6.07, 6.45) is 1.81. The van der Waals surface area contributed by atoms with Crippen molar-refractivity contribution < 1.29 is 21.6 Å². The first-order chi connectivity index (χ1) is 11.6. The average molecular weight is 408 g/mol. The molecule has 0 saturated carbocycles. The molecule has 8 nitrogen and oxygen atoms in total. The predicted octanol–water partition coefficient (Wildman–Crippen LogP) is 0.491. The third kappa shape index (κ3) is 3.68. The van der Waals surface area contributed by atoms with E-state index in [-0.39, 0.29) is 48.4 Å². The lowest BCUT2D eigenvalue weighted by atomic mass is 10.0. The first-order valence-electron chi connectivity index (χ1n) is 7.66. The molecule has 1 N–H and O–H groups in total. The minimum Gasteiger partial charge on any atom is -0.325 e. The highest BCUT2D eigenvalue weighted by Crippen LogP contribution is 2.34. The molecule has 2 aliphatic heterocycles. The summed E-state index contributed by atoms with van der Waals surface area (Å²) >= 11 is 6.16. The number of halogens is 1. The molecule has 0 unspecified atom stereocenters. The normalized spacial score (nSPS) is 20.2. The van der Waals surface area contributed by atoms with Gasteiger partial charge in [0, 0.05) is 32.6 Å². The van der Waals surface area contributed by atoms with Crippen LogP contribution in [0.4, 0.5) is 5.69 Å². The van der Waals surface area contributed by atoms with Gasteiger partial charge < -0.3 is 5.32 Å². The molecule has 2 heterocycles. The van der Waals surface area contributed by atoms with Gasteiger partial charge in [0.05, 0.1) is 21.9 Å². The van der Waals surface area contributed by atoms with Crippen LogP contribution in [0.2, 0.25) is 5.02 Å². The van der Waals surface area contributed by atoms with Gasteiger partial charge in [0.15, 0.2) is 0 Å². The Kier molecular flexibility index (Phi) is 4.84. The molecule has 0 spiro atoms. The molecule has 1 saturated heterocycles. The van der Waals surface area contributed by atoms with E-state index >= 15 is 0 Å². The maximum Gasteiger partial charge on any atom is 0.243 e. The molecule has 2 aliphatic rings. The lowest BCUT2D eigenvalue weighted by Crippen LogP contribution is -2.50. The van der Waals surface area contributed by atoms with Crippen molar-refractivity contribution in [3.8, 4) is 0 Å². The van der Waals surface area contributed by atoms with Gasteiger partial charge in [-0.25, -0.2) is 16.8 Å². The molecule has 1 amide bonds. The summed E-state index contributed by atoms with van der Waals surface area (Å²) in [5.41, 5.74) is 1.14. The number of nitrogens with one attached hydrogen (secondary N) is 1. The summed E-state index contributed by atoms with van der Waals surface area (Å²) < 4.78 is 51.3. The number of carbonyl (C=O) groups excluding carboxylic acids is 1. The Labute approximate surface area is 151 Å². The van der Waals surface area contributed by atoms with E-state index in [0.717, 1.165) is 6.26 Å². The third-order valence-electron chi connectivity index (χ3n) is 4.34. The number of hydrogen-bond acceptors (Lipinski definition) is 5. The molecule has 138 valence electrons. The lowest BCUT2D eigenvalue weighted by Gasteiger charge is -2.32. The summed E-state index contributed by atoms with van der Waals surface area (Å²) in [5, 5.41) is 2.84. The topological polar surface area (TPSA) is 104 Å². The van der Waals surface area contributed by atoms with Gasteiger partial charge in [0.2, 0.25) is 26.0 Å². The summed E-state index contributed by atoms with van der Waals surface area (Å²) in [6.45, 7) is 0.404. The lowest BCUT2D eigenvalue weighted by molar-refractivity contribution is -0.116. The van der Waals surface area contributed by atoms with Crippen LogP contribution in [-0.2, 0) is 31.3 Å². The van der Waals surface area contributed by atoms with Crippen LogP contribution in [-0.4, -0.2) is 63.8 Å². The van der Waals surface area contributed by atoms with Gasteiger partial charge in [-0.15, -0.1) is 0 Å². The van der Waals surface area contributed by atoms with Crippen molar-refractivity contribution in [3.63, 3.8) is 0 Å². The minimum atomic E-state index is -3.79. The second kappa shape index (κ2) is 6.51. The van der Waals surface area contributed by atoms with Crippen molar-refractivity contribution in [2.75, 3.05) is 37.8 Å². The molecule has 0 atom stereocenters. The van der Waals surface area contributed by atoms with Gasteiger partial charge >= 0.3 is 0 Å². The maximum atomic E-state index is 12.9. The number of carbonyl (C=O) groups is 1. The van der Waals surface area contributed by atoms with Crippen LogP contribution in [0, 0.1) is 0 Å². The zero-order valence-corrected chi connectivity index (χ0v) is 15.9. The van der Waals surface area contributed by atoms with Gasteiger partial charge in [-0.3, -0.25) is 4.79 Å². The molecule has 11 heteroatoms. The van der Waals surface area contributed by atoms with E-state index in [4.69, 9.17) is 11.6 Å². The summed E-state index contributed by atoms with van der Waals surface area (Å²) in [6, 6.07) is 2.85. The van der Waals surface area contributed by atoms with E-state index in [9.17, 15) is 21.6 Å². The fourth-order valence-corrected chi connectivity index (χ4v) is 5.64. The van der Waals surface area contributed by atoms with Crippen molar-refractivity contribution in [2.45, 2.75) is 17.7 Å². The van der Waals surface area contributed by atoms with E-state index in [0.29, 0.717) is 17.7 Å². The molecule has 0 bridgehead atoms. The van der Waals surface area contributed by atoms with Crippen LogP contribution in [0.5, 0.6) is 0 Å². The van der Waals surface area contributed by atoms with E-state index in [1.54, 1.807) is 0 Å². The Hall–Kier alpha value is -1.20. The second-order valence-electron chi connectivity index (χ2n) is 6.05. The molecule has 1 aromatic carbocycles. The van der Waals surface area contributed by atoms with Crippen LogP contribution in [0.15, 0.2) is 17.0 Å². The third-order valence-corrected chi connectivity index (χ3v) is 7.81. The number of anilines is 1. The van der Waals surface area contributed by atoms with Gasteiger partial charge in [-0.05, 0) is 24.1 Å². The Balaban J connectivity index is 1.87. The van der Waals surface area contributed by atoms with Crippen molar-refractivity contribution in [1.82, 2.24) is 8.61 Å². The van der Waals surface area contributed by atoms with Gasteiger partial charge in [0.1, 0.15) is 0 Å². The number of benzene rings is 1. The second-order valence-corrected chi connectivity index (χ2v) is 10.4. The Morgan fingerprint density at radius 2 is 1.60 bits per heavy atom. The first kappa shape index (κ1) is 18.6. The SMILES string of the molecule is CS(=O)(=O)N1CCN(S(=O)(=O)c2cc(Cl)c3c(c2)CCC(=O)N3)CC1. The molecule has 1 fully saturated rings. The first-order valence-corrected chi connectivity index (χ1v) is 11.3. The van der Waals surface area contributed by atoms with Crippen LogP contribution in [0.1, 0.15) is 12.0 Å². The number of rotatable bonds is 3. The van der Waals surface area contributed by atoms with E-state index in [2.05, 4.69) is 5.32 Å². The van der Waals surface area contributed by atoms with E-state index < -0.39 is 20.0 Å². The monoisotopic (exact) mass is 407 g/mol. The number of fused-ring (bicyclic) bond motifs is 1. The van der Waals surface area contributed by atoms with Crippen molar-refractivity contribution in [3.05, 3.63) is 22.7 Å². The number of nitrogens with zero attached hydrogens (tertiary/aromatic N) is 2. The van der Waals surface area contributed by atoms with Crippen LogP contribution in [0.3, 0.4) is 0 Å². The molecular weight excluding hydrogens is 390 g/mol. The molecule has 25 heavy (non-hydrogen) atoms. The Morgan fingerprint density at radius 1 is 1.00 bits per heavy atom. The molecule has 1 aromatic rings.